The SMILES string of the molecule is C=C1CCN(C(=O)CS(=O)(=O)CCC)CC1. The maximum Gasteiger partial charge on any atom is 0.237 e. The summed E-state index contributed by atoms with van der Waals surface area (Å²) in [5.41, 5.74) is 1.14. The van der Waals surface area contributed by atoms with Crippen LogP contribution in [0.3, 0.4) is 0 Å². The molecule has 5 heteroatoms. The highest BCUT2D eigenvalue weighted by molar-refractivity contribution is 7.92. The van der Waals surface area contributed by atoms with E-state index in [1.54, 1.807) is 11.8 Å². The molecular weight excluding hydrogens is 226 g/mol. The van der Waals surface area contributed by atoms with Crippen LogP contribution in [0.5, 0.6) is 0 Å². The zero-order valence-corrected chi connectivity index (χ0v) is 10.6. The normalized spacial score (nSPS) is 17.6. The molecule has 0 saturated carbocycles. The van der Waals surface area contributed by atoms with Crippen LogP contribution in [-0.2, 0) is 14.6 Å². The Balaban J connectivity index is 2.50. The fraction of sp³-hybridized carbons (Fsp3) is 0.727. The molecule has 0 aromatic carbocycles. The Labute approximate surface area is 97.2 Å². The molecule has 0 atom stereocenters. The smallest absolute Gasteiger partial charge is 0.237 e. The van der Waals surface area contributed by atoms with Crippen LogP contribution in [0.1, 0.15) is 26.2 Å². The standard InChI is InChI=1S/C11H19NO3S/c1-3-8-16(14,15)9-11(13)12-6-4-10(2)5-7-12/h2-9H2,1H3. The molecule has 0 radical (unpaired) electrons. The summed E-state index contributed by atoms with van der Waals surface area (Å²) < 4.78 is 23.0. The van der Waals surface area contributed by atoms with E-state index in [1.165, 1.54) is 0 Å². The lowest BCUT2D eigenvalue weighted by Gasteiger charge is -2.27. The van der Waals surface area contributed by atoms with Gasteiger partial charge in [0.05, 0.1) is 5.75 Å². The van der Waals surface area contributed by atoms with Crippen molar-refractivity contribution in [1.82, 2.24) is 4.90 Å². The van der Waals surface area contributed by atoms with E-state index in [1.807, 2.05) is 0 Å². The van der Waals surface area contributed by atoms with Gasteiger partial charge >= 0.3 is 0 Å². The molecule has 0 aromatic rings. The number of carbonyl (C=O) groups excluding carboxylic acids is 1. The van der Waals surface area contributed by atoms with Crippen molar-refractivity contribution in [2.75, 3.05) is 24.6 Å². The molecule has 1 fully saturated rings. The third-order valence-electron chi connectivity index (χ3n) is 2.68. The molecule has 1 amide bonds. The lowest BCUT2D eigenvalue weighted by Crippen LogP contribution is -2.40. The molecule has 0 spiro atoms. The summed E-state index contributed by atoms with van der Waals surface area (Å²) in [7, 11) is -3.21. The van der Waals surface area contributed by atoms with Gasteiger partial charge < -0.3 is 4.90 Å². The predicted octanol–water partition coefficient (Wildman–Crippen LogP) is 0.990. The van der Waals surface area contributed by atoms with Crippen LogP contribution < -0.4 is 0 Å². The summed E-state index contributed by atoms with van der Waals surface area (Å²) in [5, 5.41) is 0. The van der Waals surface area contributed by atoms with Crippen LogP contribution in [0.4, 0.5) is 0 Å². The van der Waals surface area contributed by atoms with E-state index in [0.717, 1.165) is 18.4 Å². The molecule has 16 heavy (non-hydrogen) atoms. The van der Waals surface area contributed by atoms with Gasteiger partial charge in [-0.25, -0.2) is 8.42 Å². The monoisotopic (exact) mass is 245 g/mol. The van der Waals surface area contributed by atoms with E-state index in [-0.39, 0.29) is 17.4 Å². The maximum absolute atomic E-state index is 11.7. The molecule has 0 N–H and O–H groups in total. The second-order valence-electron chi connectivity index (χ2n) is 4.22. The molecule has 92 valence electrons. The lowest BCUT2D eigenvalue weighted by molar-refractivity contribution is -0.128. The summed E-state index contributed by atoms with van der Waals surface area (Å²) in [6.07, 6.45) is 2.14. The van der Waals surface area contributed by atoms with E-state index in [9.17, 15) is 13.2 Å². The molecule has 1 aliphatic heterocycles. The Morgan fingerprint density at radius 2 is 1.94 bits per heavy atom. The van der Waals surface area contributed by atoms with Crippen molar-refractivity contribution in [3.8, 4) is 0 Å². The van der Waals surface area contributed by atoms with Crippen molar-refractivity contribution in [1.29, 1.82) is 0 Å². The van der Waals surface area contributed by atoms with Gasteiger partial charge in [0.15, 0.2) is 9.84 Å². The molecule has 0 unspecified atom stereocenters. The summed E-state index contributed by atoms with van der Waals surface area (Å²) in [6.45, 7) is 6.88. The van der Waals surface area contributed by atoms with Gasteiger partial charge in [-0.1, -0.05) is 19.1 Å². The van der Waals surface area contributed by atoms with Crippen LogP contribution in [0.15, 0.2) is 12.2 Å². The second kappa shape index (κ2) is 5.48. The Kier molecular flexibility index (Phi) is 4.53. The number of amides is 1. The largest absolute Gasteiger partial charge is 0.341 e. The van der Waals surface area contributed by atoms with Crippen molar-refractivity contribution in [3.63, 3.8) is 0 Å². The third kappa shape index (κ3) is 3.96. The minimum atomic E-state index is -3.21. The topological polar surface area (TPSA) is 54.5 Å². The Morgan fingerprint density at radius 3 is 2.44 bits per heavy atom. The number of rotatable bonds is 4. The number of hydrogen-bond donors (Lipinski definition) is 0. The van der Waals surface area contributed by atoms with Gasteiger partial charge in [0.1, 0.15) is 5.75 Å². The van der Waals surface area contributed by atoms with Crippen LogP contribution in [0, 0.1) is 0 Å². The van der Waals surface area contributed by atoms with Crippen molar-refractivity contribution in [2.45, 2.75) is 26.2 Å². The Morgan fingerprint density at radius 1 is 1.38 bits per heavy atom. The average molecular weight is 245 g/mol. The molecule has 1 heterocycles. The van der Waals surface area contributed by atoms with E-state index in [4.69, 9.17) is 0 Å². The van der Waals surface area contributed by atoms with Gasteiger partial charge in [-0.15, -0.1) is 0 Å². The molecule has 1 saturated heterocycles. The number of sulfone groups is 1. The van der Waals surface area contributed by atoms with Gasteiger partial charge in [0.25, 0.3) is 0 Å². The van der Waals surface area contributed by atoms with Gasteiger partial charge in [0.2, 0.25) is 5.91 Å². The first-order valence-corrected chi connectivity index (χ1v) is 7.41. The minimum Gasteiger partial charge on any atom is -0.341 e. The fourth-order valence-electron chi connectivity index (χ4n) is 1.73. The molecule has 0 bridgehead atoms. The Bertz CT molecular complexity index is 363. The first-order chi connectivity index (χ1) is 7.44. The van der Waals surface area contributed by atoms with E-state index >= 15 is 0 Å². The summed E-state index contributed by atoms with van der Waals surface area (Å²) in [5.74, 6) is -0.506. The quantitative estimate of drug-likeness (QED) is 0.694. The zero-order chi connectivity index (χ0) is 12.2. The average Bonchev–Trinajstić information content (AvgIpc) is 2.17. The number of hydrogen-bond acceptors (Lipinski definition) is 3. The maximum atomic E-state index is 11.7. The third-order valence-corrected chi connectivity index (χ3v) is 4.40. The highest BCUT2D eigenvalue weighted by atomic mass is 32.2. The molecule has 0 aromatic heterocycles. The van der Waals surface area contributed by atoms with E-state index < -0.39 is 9.84 Å². The summed E-state index contributed by atoms with van der Waals surface area (Å²) in [6, 6.07) is 0. The number of nitrogens with zero attached hydrogens (tertiary/aromatic N) is 1. The number of piperidine rings is 1. The van der Waals surface area contributed by atoms with E-state index in [2.05, 4.69) is 6.58 Å². The second-order valence-corrected chi connectivity index (χ2v) is 6.41. The van der Waals surface area contributed by atoms with Gasteiger partial charge in [-0.2, -0.15) is 0 Å². The van der Waals surface area contributed by atoms with Crippen LogP contribution >= 0.6 is 0 Å². The molecule has 4 nitrogen and oxygen atoms in total. The molecule has 1 aliphatic rings. The highest BCUT2D eigenvalue weighted by Gasteiger charge is 2.23. The first-order valence-electron chi connectivity index (χ1n) is 5.59. The van der Waals surface area contributed by atoms with Gasteiger partial charge in [0, 0.05) is 13.1 Å². The Hall–Kier alpha value is -0.840. The van der Waals surface area contributed by atoms with Gasteiger partial charge in [-0.05, 0) is 19.3 Å². The van der Waals surface area contributed by atoms with Gasteiger partial charge in [-0.3, -0.25) is 4.79 Å². The van der Waals surface area contributed by atoms with Crippen molar-refractivity contribution < 1.29 is 13.2 Å². The summed E-state index contributed by atoms with van der Waals surface area (Å²) in [4.78, 5) is 13.3. The molecule has 1 rings (SSSR count). The predicted molar refractivity (Wildman–Crippen MR) is 63.9 cm³/mol. The van der Waals surface area contributed by atoms with Crippen LogP contribution in [-0.4, -0.2) is 43.8 Å². The van der Waals surface area contributed by atoms with E-state index in [0.29, 0.717) is 19.5 Å². The van der Waals surface area contributed by atoms with Crippen molar-refractivity contribution in [3.05, 3.63) is 12.2 Å². The number of carbonyl (C=O) groups is 1. The molecular formula is C11H19NO3S. The fourth-order valence-corrected chi connectivity index (χ4v) is 3.06. The molecule has 0 aliphatic carbocycles. The first kappa shape index (κ1) is 13.2. The lowest BCUT2D eigenvalue weighted by atomic mass is 10.1. The van der Waals surface area contributed by atoms with Crippen molar-refractivity contribution in [2.24, 2.45) is 0 Å². The van der Waals surface area contributed by atoms with Crippen LogP contribution in [0.25, 0.3) is 0 Å². The summed E-state index contributed by atoms with van der Waals surface area (Å²) >= 11 is 0. The minimum absolute atomic E-state index is 0.0965. The highest BCUT2D eigenvalue weighted by Crippen LogP contribution is 2.14. The van der Waals surface area contributed by atoms with Crippen LogP contribution in [0.2, 0.25) is 0 Å². The zero-order valence-electron chi connectivity index (χ0n) is 9.74. The van der Waals surface area contributed by atoms with Crippen molar-refractivity contribution >= 4 is 15.7 Å². The number of likely N-dealkylation sites (tertiary alicyclic amines) is 1.